The first-order chi connectivity index (χ1) is 6.63. The van der Waals surface area contributed by atoms with Crippen LogP contribution < -0.4 is 5.32 Å². The first-order valence-corrected chi connectivity index (χ1v) is 5.16. The van der Waals surface area contributed by atoms with Gasteiger partial charge in [0.15, 0.2) is 0 Å². The van der Waals surface area contributed by atoms with Gasteiger partial charge in [0.1, 0.15) is 0 Å². The molecule has 0 amide bonds. The SMILES string of the molecule is CNCN(C)Cc1ccc(Cl)cc1Cl. The third kappa shape index (κ3) is 3.46. The summed E-state index contributed by atoms with van der Waals surface area (Å²) in [6.45, 7) is 1.65. The predicted molar refractivity (Wildman–Crippen MR) is 61.9 cm³/mol. The molecule has 0 aliphatic rings. The Balaban J connectivity index is 2.67. The van der Waals surface area contributed by atoms with Crippen molar-refractivity contribution in [3.8, 4) is 0 Å². The van der Waals surface area contributed by atoms with Crippen LogP contribution in [-0.4, -0.2) is 25.7 Å². The van der Waals surface area contributed by atoms with E-state index in [4.69, 9.17) is 23.2 Å². The van der Waals surface area contributed by atoms with Gasteiger partial charge in [-0.1, -0.05) is 29.3 Å². The fourth-order valence-electron chi connectivity index (χ4n) is 1.27. The van der Waals surface area contributed by atoms with Crippen molar-refractivity contribution in [2.24, 2.45) is 0 Å². The molecule has 0 bridgehead atoms. The Morgan fingerprint density at radius 2 is 2.07 bits per heavy atom. The van der Waals surface area contributed by atoms with Crippen molar-refractivity contribution in [3.05, 3.63) is 33.8 Å². The normalized spacial score (nSPS) is 10.9. The van der Waals surface area contributed by atoms with E-state index in [2.05, 4.69) is 10.2 Å². The van der Waals surface area contributed by atoms with E-state index >= 15 is 0 Å². The van der Waals surface area contributed by atoms with Crippen molar-refractivity contribution in [2.75, 3.05) is 20.8 Å². The first-order valence-electron chi connectivity index (χ1n) is 4.40. The molecule has 0 aliphatic heterocycles. The van der Waals surface area contributed by atoms with Crippen LogP contribution in [0.4, 0.5) is 0 Å². The van der Waals surface area contributed by atoms with Crippen molar-refractivity contribution in [1.82, 2.24) is 10.2 Å². The number of hydrogen-bond acceptors (Lipinski definition) is 2. The first kappa shape index (κ1) is 11.8. The lowest BCUT2D eigenvalue weighted by atomic mass is 10.2. The van der Waals surface area contributed by atoms with Crippen LogP contribution >= 0.6 is 23.2 Å². The van der Waals surface area contributed by atoms with Gasteiger partial charge in [-0.2, -0.15) is 0 Å². The minimum atomic E-state index is 0.676. The third-order valence-corrected chi connectivity index (χ3v) is 2.47. The van der Waals surface area contributed by atoms with Gasteiger partial charge in [0, 0.05) is 23.3 Å². The van der Waals surface area contributed by atoms with Crippen LogP contribution in [0.3, 0.4) is 0 Å². The molecule has 0 saturated carbocycles. The van der Waals surface area contributed by atoms with Gasteiger partial charge in [-0.25, -0.2) is 0 Å². The Labute approximate surface area is 94.8 Å². The average molecular weight is 233 g/mol. The molecule has 14 heavy (non-hydrogen) atoms. The molecule has 0 aromatic heterocycles. The molecule has 1 N–H and O–H groups in total. The zero-order chi connectivity index (χ0) is 10.6. The molecule has 78 valence electrons. The Morgan fingerprint density at radius 3 is 2.64 bits per heavy atom. The van der Waals surface area contributed by atoms with E-state index in [1.165, 1.54) is 0 Å². The van der Waals surface area contributed by atoms with E-state index < -0.39 is 0 Å². The highest BCUT2D eigenvalue weighted by atomic mass is 35.5. The second-order valence-corrected chi connectivity index (χ2v) is 4.11. The van der Waals surface area contributed by atoms with Gasteiger partial charge in [-0.3, -0.25) is 4.90 Å². The van der Waals surface area contributed by atoms with Gasteiger partial charge >= 0.3 is 0 Å². The lowest BCUT2D eigenvalue weighted by molar-refractivity contribution is 0.310. The monoisotopic (exact) mass is 232 g/mol. The molecule has 0 saturated heterocycles. The topological polar surface area (TPSA) is 15.3 Å². The van der Waals surface area contributed by atoms with Crippen LogP contribution in [0.25, 0.3) is 0 Å². The van der Waals surface area contributed by atoms with E-state index in [-0.39, 0.29) is 0 Å². The summed E-state index contributed by atoms with van der Waals surface area (Å²) in [5.74, 6) is 0. The molecule has 2 nitrogen and oxygen atoms in total. The second-order valence-electron chi connectivity index (χ2n) is 3.26. The minimum Gasteiger partial charge on any atom is -0.307 e. The fraction of sp³-hybridized carbons (Fsp3) is 0.400. The highest BCUT2D eigenvalue weighted by molar-refractivity contribution is 6.35. The Morgan fingerprint density at radius 1 is 1.36 bits per heavy atom. The van der Waals surface area contributed by atoms with Gasteiger partial charge < -0.3 is 5.32 Å². The van der Waals surface area contributed by atoms with Crippen molar-refractivity contribution in [2.45, 2.75) is 6.54 Å². The van der Waals surface area contributed by atoms with E-state index in [0.717, 1.165) is 23.8 Å². The summed E-state index contributed by atoms with van der Waals surface area (Å²) in [6, 6.07) is 5.58. The molecule has 0 fully saturated rings. The van der Waals surface area contributed by atoms with Crippen LogP contribution in [0, 0.1) is 0 Å². The number of nitrogens with one attached hydrogen (secondary N) is 1. The van der Waals surface area contributed by atoms with E-state index in [9.17, 15) is 0 Å². The highest BCUT2D eigenvalue weighted by Gasteiger charge is 2.03. The number of hydrogen-bond donors (Lipinski definition) is 1. The van der Waals surface area contributed by atoms with E-state index in [1.807, 2.05) is 26.2 Å². The quantitative estimate of drug-likeness (QED) is 0.804. The zero-order valence-corrected chi connectivity index (χ0v) is 9.86. The molecule has 0 unspecified atom stereocenters. The smallest absolute Gasteiger partial charge is 0.0478 e. The summed E-state index contributed by atoms with van der Waals surface area (Å²) >= 11 is 11.8. The fourth-order valence-corrected chi connectivity index (χ4v) is 1.73. The van der Waals surface area contributed by atoms with Gasteiger partial charge in [-0.15, -0.1) is 0 Å². The van der Waals surface area contributed by atoms with Crippen molar-refractivity contribution >= 4 is 23.2 Å². The summed E-state index contributed by atoms with van der Waals surface area (Å²) < 4.78 is 0. The maximum atomic E-state index is 6.04. The molecule has 0 aliphatic carbocycles. The molecule has 1 aromatic carbocycles. The van der Waals surface area contributed by atoms with Crippen LogP contribution in [0.5, 0.6) is 0 Å². The van der Waals surface area contributed by atoms with E-state index in [0.29, 0.717) is 5.02 Å². The zero-order valence-electron chi connectivity index (χ0n) is 8.35. The van der Waals surface area contributed by atoms with Gasteiger partial charge in [-0.05, 0) is 31.8 Å². The van der Waals surface area contributed by atoms with Crippen LogP contribution in [0.1, 0.15) is 5.56 Å². The molecule has 0 spiro atoms. The minimum absolute atomic E-state index is 0.676. The number of halogens is 2. The largest absolute Gasteiger partial charge is 0.307 e. The van der Waals surface area contributed by atoms with Crippen molar-refractivity contribution in [1.29, 1.82) is 0 Å². The number of benzene rings is 1. The standard InChI is InChI=1S/C10H14Cl2N2/c1-13-7-14(2)6-8-3-4-9(11)5-10(8)12/h3-5,13H,6-7H2,1-2H3. The van der Waals surface area contributed by atoms with Crippen LogP contribution in [0.2, 0.25) is 10.0 Å². The lowest BCUT2D eigenvalue weighted by Crippen LogP contribution is -2.28. The molecular formula is C10H14Cl2N2. The molecule has 1 aromatic rings. The molecule has 0 heterocycles. The summed E-state index contributed by atoms with van der Waals surface area (Å²) in [5, 5.41) is 4.47. The Hall–Kier alpha value is -0.280. The lowest BCUT2D eigenvalue weighted by Gasteiger charge is -2.16. The summed E-state index contributed by atoms with van der Waals surface area (Å²) in [6.07, 6.45) is 0. The van der Waals surface area contributed by atoms with Crippen LogP contribution in [0.15, 0.2) is 18.2 Å². The summed E-state index contributed by atoms with van der Waals surface area (Å²) in [5.41, 5.74) is 1.09. The summed E-state index contributed by atoms with van der Waals surface area (Å²) in [7, 11) is 3.95. The number of nitrogens with zero attached hydrogens (tertiary/aromatic N) is 1. The third-order valence-electron chi connectivity index (χ3n) is 1.88. The molecule has 4 heteroatoms. The van der Waals surface area contributed by atoms with Crippen molar-refractivity contribution in [3.63, 3.8) is 0 Å². The molecular weight excluding hydrogens is 219 g/mol. The Bertz CT molecular complexity index is 302. The van der Waals surface area contributed by atoms with E-state index in [1.54, 1.807) is 6.07 Å². The van der Waals surface area contributed by atoms with Gasteiger partial charge in [0.2, 0.25) is 0 Å². The second kappa shape index (κ2) is 5.56. The predicted octanol–water partition coefficient (Wildman–Crippen LogP) is 2.60. The average Bonchev–Trinajstić information content (AvgIpc) is 2.10. The maximum Gasteiger partial charge on any atom is 0.0478 e. The highest BCUT2D eigenvalue weighted by Crippen LogP contribution is 2.21. The maximum absolute atomic E-state index is 6.04. The van der Waals surface area contributed by atoms with Gasteiger partial charge in [0.05, 0.1) is 0 Å². The molecule has 0 atom stereocenters. The molecule has 0 radical (unpaired) electrons. The van der Waals surface area contributed by atoms with Crippen molar-refractivity contribution < 1.29 is 0 Å². The Kier molecular flexibility index (Phi) is 4.69. The summed E-state index contributed by atoms with van der Waals surface area (Å²) in [4.78, 5) is 2.13. The number of rotatable bonds is 4. The molecule has 1 rings (SSSR count). The van der Waals surface area contributed by atoms with Crippen LogP contribution in [-0.2, 0) is 6.54 Å². The van der Waals surface area contributed by atoms with Gasteiger partial charge in [0.25, 0.3) is 0 Å².